The zero-order chi connectivity index (χ0) is 26.6. The van der Waals surface area contributed by atoms with Crippen LogP contribution in [0.4, 0.5) is 11.4 Å². The number of aryl methyl sites for hydroxylation is 2. The number of rotatable bonds is 4. The predicted octanol–water partition coefficient (Wildman–Crippen LogP) is 5.00. The third-order valence-corrected chi connectivity index (χ3v) is 10.6. The highest BCUT2D eigenvalue weighted by Crippen LogP contribution is 2.45. The molecule has 0 unspecified atom stereocenters. The van der Waals surface area contributed by atoms with Crippen LogP contribution < -0.4 is 14.5 Å². The van der Waals surface area contributed by atoms with Gasteiger partial charge >= 0.3 is 5.97 Å². The quantitative estimate of drug-likeness (QED) is 0.205. The highest BCUT2D eigenvalue weighted by molar-refractivity contribution is 9.12. The number of carbonyl (C=O) groups is 4. The molecule has 0 bridgehead atoms. The fourth-order valence-corrected chi connectivity index (χ4v) is 6.84. The molecule has 2 heterocycles. The Bertz CT molecular complexity index is 1280. The maximum atomic E-state index is 13.2. The SMILES string of the molecule is Cc1cc(OC(=O)[C@@H]2CC(=O)N(c3cccc(C)c3C)C2)ccc1N1C(=O)[C@H]2C[C@H](Br)[C@@H](Br)C[C@H]2C1=O. The minimum Gasteiger partial charge on any atom is -0.426 e. The Labute approximate surface area is 232 Å². The average Bonchev–Trinajstić information content (AvgIpc) is 3.34. The van der Waals surface area contributed by atoms with Gasteiger partial charge in [0, 0.05) is 28.3 Å². The van der Waals surface area contributed by atoms with Crippen molar-refractivity contribution in [1.29, 1.82) is 0 Å². The molecule has 3 aliphatic rings. The van der Waals surface area contributed by atoms with Crippen LogP contribution >= 0.6 is 31.9 Å². The van der Waals surface area contributed by atoms with Crippen molar-refractivity contribution in [2.45, 2.75) is 49.7 Å². The maximum absolute atomic E-state index is 13.2. The molecule has 0 aromatic heterocycles. The fourth-order valence-electron chi connectivity index (χ4n) is 5.60. The fraction of sp³-hybridized carbons (Fsp3) is 0.429. The first-order valence-electron chi connectivity index (χ1n) is 12.4. The molecular formula is C28H28Br2N2O5. The van der Waals surface area contributed by atoms with E-state index in [-0.39, 0.29) is 52.2 Å². The first-order valence-corrected chi connectivity index (χ1v) is 14.2. The molecule has 1 saturated carbocycles. The topological polar surface area (TPSA) is 84.0 Å². The molecule has 2 aliphatic heterocycles. The predicted molar refractivity (Wildman–Crippen MR) is 147 cm³/mol. The van der Waals surface area contributed by atoms with Crippen molar-refractivity contribution in [3.63, 3.8) is 0 Å². The minimum absolute atomic E-state index is 0.0893. The third-order valence-electron chi connectivity index (χ3n) is 7.86. The lowest BCUT2D eigenvalue weighted by molar-refractivity contribution is -0.139. The van der Waals surface area contributed by atoms with Gasteiger partial charge in [-0.1, -0.05) is 44.0 Å². The Morgan fingerprint density at radius 3 is 2.16 bits per heavy atom. The third kappa shape index (κ3) is 4.65. The minimum atomic E-state index is -0.577. The molecule has 3 amide bonds. The standard InChI is InChI=1S/C28H28Br2N2O5/c1-14-5-4-6-24(16(14)3)31-13-17(10-25(31)33)28(36)37-18-7-8-23(15(2)9-18)32-26(34)19-11-21(29)22(30)12-20(19)27(32)35/h4-9,17,19-22H,10-13H2,1-3H3/t17-,19-,20+,21+,22+/m1/s1. The summed E-state index contributed by atoms with van der Waals surface area (Å²) in [4.78, 5) is 55.2. The number of benzene rings is 2. The summed E-state index contributed by atoms with van der Waals surface area (Å²) < 4.78 is 5.64. The lowest BCUT2D eigenvalue weighted by atomic mass is 9.81. The lowest BCUT2D eigenvalue weighted by Crippen LogP contribution is -2.34. The Hall–Kier alpha value is -2.52. The van der Waals surface area contributed by atoms with Crippen LogP contribution in [0.3, 0.4) is 0 Å². The number of carbonyl (C=O) groups excluding carboxylic acids is 4. The first-order chi connectivity index (χ1) is 17.6. The van der Waals surface area contributed by atoms with Crippen LogP contribution in [-0.2, 0) is 19.2 Å². The van der Waals surface area contributed by atoms with Crippen molar-refractivity contribution in [3.8, 4) is 5.75 Å². The van der Waals surface area contributed by atoms with Crippen LogP contribution in [0.1, 0.15) is 36.0 Å². The van der Waals surface area contributed by atoms with Gasteiger partial charge in [-0.3, -0.25) is 19.2 Å². The van der Waals surface area contributed by atoms with E-state index < -0.39 is 11.9 Å². The number of anilines is 2. The van der Waals surface area contributed by atoms with Crippen LogP contribution in [0.25, 0.3) is 0 Å². The van der Waals surface area contributed by atoms with Crippen LogP contribution in [0.2, 0.25) is 0 Å². The highest BCUT2D eigenvalue weighted by atomic mass is 79.9. The molecule has 37 heavy (non-hydrogen) atoms. The Morgan fingerprint density at radius 2 is 1.54 bits per heavy atom. The summed E-state index contributed by atoms with van der Waals surface area (Å²) >= 11 is 7.23. The number of hydrogen-bond acceptors (Lipinski definition) is 5. The Morgan fingerprint density at radius 1 is 0.892 bits per heavy atom. The summed E-state index contributed by atoms with van der Waals surface area (Å²) in [5.41, 5.74) is 4.09. The lowest BCUT2D eigenvalue weighted by Gasteiger charge is -2.29. The molecule has 194 valence electrons. The largest absolute Gasteiger partial charge is 0.426 e. The molecule has 5 atom stereocenters. The van der Waals surface area contributed by atoms with Gasteiger partial charge in [0.05, 0.1) is 23.4 Å². The van der Waals surface area contributed by atoms with Gasteiger partial charge < -0.3 is 9.64 Å². The summed E-state index contributed by atoms with van der Waals surface area (Å²) in [6.07, 6.45) is 1.30. The number of fused-ring (bicyclic) bond motifs is 1. The molecule has 7 nitrogen and oxygen atoms in total. The monoisotopic (exact) mass is 630 g/mol. The van der Waals surface area contributed by atoms with Gasteiger partial charge in [-0.15, -0.1) is 0 Å². The molecule has 2 aromatic rings. The van der Waals surface area contributed by atoms with Gasteiger partial charge in [-0.05, 0) is 74.6 Å². The van der Waals surface area contributed by atoms with E-state index >= 15 is 0 Å². The molecule has 0 N–H and O–H groups in total. The number of ether oxygens (including phenoxy) is 1. The summed E-state index contributed by atoms with van der Waals surface area (Å²) in [6.45, 7) is 6.01. The van der Waals surface area contributed by atoms with Crippen LogP contribution in [0, 0.1) is 38.5 Å². The summed E-state index contributed by atoms with van der Waals surface area (Å²) in [5, 5.41) is 0. The van der Waals surface area contributed by atoms with E-state index in [0.29, 0.717) is 29.8 Å². The first kappa shape index (κ1) is 26.1. The second-order valence-corrected chi connectivity index (χ2v) is 12.6. The number of alkyl halides is 2. The molecule has 5 rings (SSSR count). The molecule has 1 aliphatic carbocycles. The Kier molecular flexibility index (Phi) is 7.04. The number of hydrogen-bond donors (Lipinski definition) is 0. The van der Waals surface area contributed by atoms with E-state index in [1.54, 1.807) is 30.0 Å². The van der Waals surface area contributed by atoms with Gasteiger partial charge in [-0.25, -0.2) is 4.90 Å². The molecule has 0 radical (unpaired) electrons. The van der Waals surface area contributed by atoms with Crippen molar-refractivity contribution in [2.75, 3.05) is 16.3 Å². The van der Waals surface area contributed by atoms with Crippen molar-refractivity contribution in [2.24, 2.45) is 17.8 Å². The van der Waals surface area contributed by atoms with E-state index in [1.165, 1.54) is 4.90 Å². The maximum Gasteiger partial charge on any atom is 0.316 e. The highest BCUT2D eigenvalue weighted by Gasteiger charge is 2.52. The summed E-state index contributed by atoms with van der Waals surface area (Å²) in [5.74, 6) is -1.85. The van der Waals surface area contributed by atoms with Crippen molar-refractivity contribution < 1.29 is 23.9 Å². The van der Waals surface area contributed by atoms with Crippen molar-refractivity contribution >= 4 is 66.9 Å². The number of halogens is 2. The van der Waals surface area contributed by atoms with Crippen molar-refractivity contribution in [3.05, 3.63) is 53.1 Å². The molecule has 9 heteroatoms. The van der Waals surface area contributed by atoms with E-state index in [9.17, 15) is 19.2 Å². The average molecular weight is 632 g/mol. The second kappa shape index (κ2) is 9.98. The molecular weight excluding hydrogens is 604 g/mol. The van der Waals surface area contributed by atoms with Gasteiger partial charge in [0.2, 0.25) is 17.7 Å². The van der Waals surface area contributed by atoms with E-state index in [1.807, 2.05) is 32.0 Å². The van der Waals surface area contributed by atoms with Gasteiger partial charge in [0.25, 0.3) is 0 Å². The van der Waals surface area contributed by atoms with E-state index in [2.05, 4.69) is 31.9 Å². The summed E-state index contributed by atoms with van der Waals surface area (Å²) in [7, 11) is 0. The molecule has 2 saturated heterocycles. The molecule has 3 fully saturated rings. The zero-order valence-corrected chi connectivity index (χ0v) is 24.0. The zero-order valence-electron chi connectivity index (χ0n) is 20.9. The van der Waals surface area contributed by atoms with E-state index in [0.717, 1.165) is 16.8 Å². The second-order valence-electron chi connectivity index (χ2n) is 10.2. The van der Waals surface area contributed by atoms with Crippen LogP contribution in [0.5, 0.6) is 5.75 Å². The van der Waals surface area contributed by atoms with Gasteiger partial charge in [-0.2, -0.15) is 0 Å². The molecule has 2 aromatic carbocycles. The van der Waals surface area contributed by atoms with Crippen molar-refractivity contribution in [1.82, 2.24) is 0 Å². The van der Waals surface area contributed by atoms with Gasteiger partial charge in [0.15, 0.2) is 0 Å². The number of amides is 3. The van der Waals surface area contributed by atoms with Crippen LogP contribution in [-0.4, -0.2) is 39.9 Å². The normalized spacial score (nSPS) is 27.6. The number of esters is 1. The number of nitrogens with zero attached hydrogens (tertiary/aromatic N) is 2. The van der Waals surface area contributed by atoms with E-state index in [4.69, 9.17) is 4.74 Å². The van der Waals surface area contributed by atoms with Gasteiger partial charge in [0.1, 0.15) is 5.75 Å². The Balaban J connectivity index is 1.29. The molecule has 0 spiro atoms. The van der Waals surface area contributed by atoms with Crippen LogP contribution in [0.15, 0.2) is 36.4 Å². The smallest absolute Gasteiger partial charge is 0.316 e. The number of imide groups is 1. The summed E-state index contributed by atoms with van der Waals surface area (Å²) in [6, 6.07) is 10.7.